The second-order valence-electron chi connectivity index (χ2n) is 7.33. The van der Waals surface area contributed by atoms with Gasteiger partial charge in [0.1, 0.15) is 17.8 Å². The first-order chi connectivity index (χ1) is 15.4. The lowest BCUT2D eigenvalue weighted by Crippen LogP contribution is -2.55. The van der Waals surface area contributed by atoms with Crippen molar-refractivity contribution in [2.45, 2.75) is 6.17 Å². The normalized spacial score (nSPS) is 16.1. The van der Waals surface area contributed by atoms with E-state index < -0.39 is 23.7 Å². The number of fused-ring (bicyclic) bond motifs is 1. The fourth-order valence-corrected chi connectivity index (χ4v) is 3.89. The topological polar surface area (TPSA) is 81.1 Å². The van der Waals surface area contributed by atoms with Crippen molar-refractivity contribution < 1.29 is 18.8 Å². The highest BCUT2D eigenvalue weighted by molar-refractivity contribution is 6.31. The van der Waals surface area contributed by atoms with Gasteiger partial charge in [0.05, 0.1) is 5.52 Å². The van der Waals surface area contributed by atoms with Gasteiger partial charge < -0.3 is 10.1 Å². The molecule has 1 amide bonds. The van der Waals surface area contributed by atoms with Gasteiger partial charge in [-0.1, -0.05) is 11.6 Å². The number of aliphatic imine (C=N–C) groups is 1. The minimum atomic E-state index is -0.859. The molecule has 1 unspecified atom stereocenters. The summed E-state index contributed by atoms with van der Waals surface area (Å²) < 4.78 is 26.6. The number of halogens is 3. The first-order valence-corrected chi connectivity index (χ1v) is 10.3. The number of amides is 1. The molecule has 1 aliphatic heterocycles. The maximum atomic E-state index is 13.3. The second-order valence-corrected chi connectivity index (χ2v) is 7.77. The van der Waals surface area contributed by atoms with E-state index in [4.69, 9.17) is 11.6 Å². The van der Waals surface area contributed by atoms with Gasteiger partial charge in [-0.25, -0.2) is 13.8 Å². The zero-order chi connectivity index (χ0) is 22.7. The predicted molar refractivity (Wildman–Crippen MR) is 118 cm³/mol. The Bertz CT molecular complexity index is 1150. The van der Waals surface area contributed by atoms with Crippen LogP contribution in [0.25, 0.3) is 10.9 Å². The van der Waals surface area contributed by atoms with Crippen molar-refractivity contribution in [1.82, 2.24) is 15.4 Å². The molecule has 4 rings (SSSR count). The molecule has 0 aliphatic carbocycles. The number of rotatable bonds is 5. The Morgan fingerprint density at radius 2 is 1.84 bits per heavy atom. The van der Waals surface area contributed by atoms with Crippen molar-refractivity contribution in [2.75, 3.05) is 31.1 Å². The minimum Gasteiger partial charge on any atom is -0.368 e. The Balaban J connectivity index is 1.43. The zero-order valence-electron chi connectivity index (χ0n) is 16.9. The van der Waals surface area contributed by atoms with E-state index in [0.717, 1.165) is 28.7 Å². The standard InChI is InChI=1S/C22H20ClF2N5O2/c23-15-1-2-18-19(11-15)26-4-3-20(18)29-5-7-30(8-6-29)21(28-32)13-27-22(31)14-9-16(24)12-17(25)10-14/h1-4,9-13,21,28,32H,5-8H2/b27-13-. The summed E-state index contributed by atoms with van der Waals surface area (Å²) in [5, 5.41) is 11.2. The number of anilines is 1. The van der Waals surface area contributed by atoms with Crippen molar-refractivity contribution in [3.8, 4) is 0 Å². The van der Waals surface area contributed by atoms with Crippen LogP contribution in [0.2, 0.25) is 5.02 Å². The van der Waals surface area contributed by atoms with Crippen molar-refractivity contribution in [2.24, 2.45) is 4.99 Å². The van der Waals surface area contributed by atoms with E-state index in [1.165, 1.54) is 6.21 Å². The van der Waals surface area contributed by atoms with Crippen molar-refractivity contribution in [3.63, 3.8) is 0 Å². The molecule has 1 aliphatic rings. The third-order valence-electron chi connectivity index (χ3n) is 5.30. The Kier molecular flexibility index (Phi) is 6.71. The maximum absolute atomic E-state index is 13.3. The molecule has 0 radical (unpaired) electrons. The van der Waals surface area contributed by atoms with Gasteiger partial charge in [0.2, 0.25) is 0 Å². The van der Waals surface area contributed by atoms with Gasteiger partial charge in [0.25, 0.3) is 5.91 Å². The number of pyridine rings is 1. The summed E-state index contributed by atoms with van der Waals surface area (Å²) in [4.78, 5) is 24.4. The van der Waals surface area contributed by atoms with Crippen LogP contribution >= 0.6 is 11.6 Å². The number of hydroxylamine groups is 1. The Morgan fingerprint density at radius 3 is 2.53 bits per heavy atom. The molecule has 0 spiro atoms. The Labute approximate surface area is 187 Å². The molecule has 2 heterocycles. The molecule has 166 valence electrons. The number of carbonyl (C=O) groups is 1. The van der Waals surface area contributed by atoms with Crippen molar-refractivity contribution in [3.05, 3.63) is 70.9 Å². The summed E-state index contributed by atoms with van der Waals surface area (Å²) in [7, 11) is 0. The van der Waals surface area contributed by atoms with Crippen LogP contribution < -0.4 is 10.4 Å². The molecule has 2 aromatic carbocycles. The highest BCUT2D eigenvalue weighted by Crippen LogP contribution is 2.28. The van der Waals surface area contributed by atoms with Crippen LogP contribution in [0.4, 0.5) is 14.5 Å². The number of hydrogen-bond acceptors (Lipinski definition) is 6. The summed E-state index contributed by atoms with van der Waals surface area (Å²) >= 11 is 6.07. The van der Waals surface area contributed by atoms with E-state index in [0.29, 0.717) is 37.3 Å². The maximum Gasteiger partial charge on any atom is 0.276 e. The molecule has 0 saturated carbocycles. The number of nitrogens with one attached hydrogen (secondary N) is 1. The number of carbonyl (C=O) groups excluding carboxylic acids is 1. The molecule has 7 nitrogen and oxygen atoms in total. The molecular weight excluding hydrogens is 440 g/mol. The quantitative estimate of drug-likeness (QED) is 0.449. The molecule has 2 N–H and O–H groups in total. The number of aromatic nitrogens is 1. The Hall–Kier alpha value is -2.98. The third kappa shape index (κ3) is 4.91. The van der Waals surface area contributed by atoms with Gasteiger partial charge in [0, 0.05) is 66.3 Å². The fourth-order valence-electron chi connectivity index (χ4n) is 3.72. The lowest BCUT2D eigenvalue weighted by atomic mass is 10.1. The van der Waals surface area contributed by atoms with E-state index in [-0.39, 0.29) is 5.56 Å². The van der Waals surface area contributed by atoms with Crippen LogP contribution in [0, 0.1) is 11.6 Å². The van der Waals surface area contributed by atoms with Crippen molar-refractivity contribution in [1.29, 1.82) is 0 Å². The summed E-state index contributed by atoms with van der Waals surface area (Å²) in [6.07, 6.45) is 2.24. The van der Waals surface area contributed by atoms with Crippen molar-refractivity contribution >= 4 is 40.3 Å². The molecular formula is C22H20ClF2N5O2. The molecule has 0 bridgehead atoms. The lowest BCUT2D eigenvalue weighted by molar-refractivity contribution is 0.0663. The van der Waals surface area contributed by atoms with E-state index >= 15 is 0 Å². The SMILES string of the molecule is O=C(/N=C\C(NO)N1CCN(c2ccnc3cc(Cl)ccc23)CC1)c1cc(F)cc(F)c1. The number of piperazine rings is 1. The van der Waals surface area contributed by atoms with Crippen LogP contribution in [0.1, 0.15) is 10.4 Å². The number of nitrogens with zero attached hydrogens (tertiary/aromatic N) is 4. The van der Waals surface area contributed by atoms with Gasteiger partial charge in [-0.15, -0.1) is 0 Å². The molecule has 32 heavy (non-hydrogen) atoms. The largest absolute Gasteiger partial charge is 0.368 e. The average Bonchev–Trinajstić information content (AvgIpc) is 2.78. The van der Waals surface area contributed by atoms with Crippen LogP contribution in [0.5, 0.6) is 0 Å². The van der Waals surface area contributed by atoms with Gasteiger partial charge in [-0.2, -0.15) is 5.48 Å². The average molecular weight is 460 g/mol. The molecule has 3 aromatic rings. The summed E-state index contributed by atoms with van der Waals surface area (Å²) in [5.41, 5.74) is 3.77. The van der Waals surface area contributed by atoms with Crippen LogP contribution in [-0.2, 0) is 0 Å². The number of benzene rings is 2. The Morgan fingerprint density at radius 1 is 1.12 bits per heavy atom. The molecule has 1 aromatic heterocycles. The highest BCUT2D eigenvalue weighted by atomic mass is 35.5. The van der Waals surface area contributed by atoms with Gasteiger partial charge in [-0.05, 0) is 36.4 Å². The van der Waals surface area contributed by atoms with Gasteiger partial charge in [-0.3, -0.25) is 14.7 Å². The van der Waals surface area contributed by atoms with Gasteiger partial charge in [0.15, 0.2) is 0 Å². The van der Waals surface area contributed by atoms with E-state index in [2.05, 4.69) is 20.4 Å². The third-order valence-corrected chi connectivity index (χ3v) is 5.54. The molecule has 1 atom stereocenters. The highest BCUT2D eigenvalue weighted by Gasteiger charge is 2.24. The predicted octanol–water partition coefficient (Wildman–Crippen LogP) is 3.50. The van der Waals surface area contributed by atoms with Crippen LogP contribution in [0.15, 0.2) is 53.7 Å². The molecule has 1 saturated heterocycles. The summed E-state index contributed by atoms with van der Waals surface area (Å²) in [5.74, 6) is -2.52. The molecule has 1 fully saturated rings. The first-order valence-electron chi connectivity index (χ1n) is 9.92. The number of hydrogen-bond donors (Lipinski definition) is 2. The first kappa shape index (κ1) is 22.2. The van der Waals surface area contributed by atoms with Crippen LogP contribution in [-0.4, -0.2) is 59.6 Å². The molecule has 10 heteroatoms. The fraction of sp³-hybridized carbons (Fsp3) is 0.227. The summed E-state index contributed by atoms with van der Waals surface area (Å²) in [6.45, 7) is 2.47. The van der Waals surface area contributed by atoms with Crippen LogP contribution in [0.3, 0.4) is 0 Å². The summed E-state index contributed by atoms with van der Waals surface area (Å²) in [6, 6.07) is 10.0. The second kappa shape index (κ2) is 9.66. The van der Waals surface area contributed by atoms with E-state index in [1.54, 1.807) is 6.20 Å². The monoisotopic (exact) mass is 459 g/mol. The van der Waals surface area contributed by atoms with Gasteiger partial charge >= 0.3 is 0 Å². The lowest BCUT2D eigenvalue weighted by Gasteiger charge is -2.38. The van der Waals surface area contributed by atoms with E-state index in [9.17, 15) is 18.8 Å². The minimum absolute atomic E-state index is 0.204. The zero-order valence-corrected chi connectivity index (χ0v) is 17.6. The van der Waals surface area contributed by atoms with E-state index in [1.807, 2.05) is 29.2 Å². The smallest absolute Gasteiger partial charge is 0.276 e.